The Hall–Kier alpha value is -3.54. The normalized spacial score (nSPS) is 10.3. The van der Waals surface area contributed by atoms with Gasteiger partial charge in [-0.2, -0.15) is 0 Å². The number of hydrogen-bond donors (Lipinski definition) is 2. The fourth-order valence-electron chi connectivity index (χ4n) is 2.81. The van der Waals surface area contributed by atoms with Gasteiger partial charge in [-0.15, -0.1) is 0 Å². The van der Waals surface area contributed by atoms with Crippen molar-refractivity contribution in [2.45, 2.75) is 13.3 Å². The molecule has 3 rings (SSSR count). The standard InChI is InChI=1S/C23H25N3O3/c1-3-29-22-10-6-19(7-11-22)26-20-14-18(15-24-16-20)23(27)25-13-12-17-4-8-21(28-2)9-5-17/h4-11,14-16,26H,3,12-13H2,1-2H3,(H,25,27). The molecule has 0 aliphatic heterocycles. The van der Waals surface area contributed by atoms with Gasteiger partial charge in [0.2, 0.25) is 0 Å². The highest BCUT2D eigenvalue weighted by molar-refractivity contribution is 5.94. The average molecular weight is 391 g/mol. The van der Waals surface area contributed by atoms with E-state index in [0.29, 0.717) is 18.7 Å². The minimum atomic E-state index is -0.152. The molecular weight excluding hydrogens is 366 g/mol. The molecule has 1 aromatic heterocycles. The maximum atomic E-state index is 12.4. The van der Waals surface area contributed by atoms with Crippen LogP contribution in [0.15, 0.2) is 67.0 Å². The molecule has 6 heteroatoms. The highest BCUT2D eigenvalue weighted by Gasteiger charge is 2.07. The maximum absolute atomic E-state index is 12.4. The molecule has 6 nitrogen and oxygen atoms in total. The number of carbonyl (C=O) groups is 1. The van der Waals surface area contributed by atoms with Crippen LogP contribution in [0.2, 0.25) is 0 Å². The first kappa shape index (κ1) is 20.2. The van der Waals surface area contributed by atoms with Crippen LogP contribution in [-0.4, -0.2) is 31.2 Å². The molecule has 150 valence electrons. The average Bonchev–Trinajstić information content (AvgIpc) is 2.76. The second-order valence-corrected chi connectivity index (χ2v) is 6.40. The summed E-state index contributed by atoms with van der Waals surface area (Å²) in [5, 5.41) is 6.19. The van der Waals surface area contributed by atoms with E-state index in [-0.39, 0.29) is 5.91 Å². The van der Waals surface area contributed by atoms with Crippen LogP contribution < -0.4 is 20.1 Å². The summed E-state index contributed by atoms with van der Waals surface area (Å²) in [6.07, 6.45) is 3.99. The van der Waals surface area contributed by atoms with E-state index < -0.39 is 0 Å². The zero-order valence-corrected chi connectivity index (χ0v) is 16.6. The van der Waals surface area contributed by atoms with Crippen LogP contribution in [0.4, 0.5) is 11.4 Å². The Labute approximate surface area is 170 Å². The molecule has 0 unspecified atom stereocenters. The lowest BCUT2D eigenvalue weighted by Crippen LogP contribution is -2.25. The van der Waals surface area contributed by atoms with Gasteiger partial charge in [-0.25, -0.2) is 0 Å². The molecule has 29 heavy (non-hydrogen) atoms. The summed E-state index contributed by atoms with van der Waals surface area (Å²) in [5.41, 5.74) is 3.29. The Balaban J connectivity index is 1.54. The van der Waals surface area contributed by atoms with Crippen LogP contribution in [0.3, 0.4) is 0 Å². The third-order valence-electron chi connectivity index (χ3n) is 4.31. The third kappa shape index (κ3) is 5.97. The number of carbonyl (C=O) groups excluding carboxylic acids is 1. The number of rotatable bonds is 9. The number of hydrogen-bond acceptors (Lipinski definition) is 5. The van der Waals surface area contributed by atoms with Crippen molar-refractivity contribution in [3.63, 3.8) is 0 Å². The van der Waals surface area contributed by atoms with Gasteiger partial charge in [-0.3, -0.25) is 9.78 Å². The van der Waals surface area contributed by atoms with Crippen LogP contribution >= 0.6 is 0 Å². The zero-order chi connectivity index (χ0) is 20.5. The molecule has 2 N–H and O–H groups in total. The van der Waals surface area contributed by atoms with Crippen molar-refractivity contribution in [1.82, 2.24) is 10.3 Å². The lowest BCUT2D eigenvalue weighted by atomic mass is 10.1. The largest absolute Gasteiger partial charge is 0.497 e. The van der Waals surface area contributed by atoms with Crippen LogP contribution in [0.1, 0.15) is 22.8 Å². The molecule has 0 aliphatic carbocycles. The molecule has 1 heterocycles. The molecular formula is C23H25N3O3. The lowest BCUT2D eigenvalue weighted by molar-refractivity contribution is 0.0954. The molecule has 0 bridgehead atoms. The molecule has 1 amide bonds. The predicted octanol–water partition coefficient (Wildman–Crippen LogP) is 4.21. The van der Waals surface area contributed by atoms with Gasteiger partial charge in [0.05, 0.1) is 31.2 Å². The van der Waals surface area contributed by atoms with Crippen LogP contribution in [0, 0.1) is 0 Å². The summed E-state index contributed by atoms with van der Waals surface area (Å²) in [7, 11) is 1.64. The monoisotopic (exact) mass is 391 g/mol. The summed E-state index contributed by atoms with van der Waals surface area (Å²) < 4.78 is 10.6. The molecule has 0 saturated carbocycles. The molecule has 0 radical (unpaired) electrons. The van der Waals surface area contributed by atoms with Gasteiger partial charge in [-0.1, -0.05) is 12.1 Å². The Morgan fingerprint density at radius 1 is 0.966 bits per heavy atom. The van der Waals surface area contributed by atoms with E-state index in [0.717, 1.165) is 34.9 Å². The van der Waals surface area contributed by atoms with Crippen molar-refractivity contribution >= 4 is 17.3 Å². The van der Waals surface area contributed by atoms with Crippen molar-refractivity contribution in [3.8, 4) is 11.5 Å². The first-order valence-electron chi connectivity index (χ1n) is 9.54. The summed E-state index contributed by atoms with van der Waals surface area (Å²) in [4.78, 5) is 16.6. The van der Waals surface area contributed by atoms with Gasteiger partial charge < -0.3 is 20.1 Å². The number of methoxy groups -OCH3 is 1. The van der Waals surface area contributed by atoms with E-state index in [9.17, 15) is 4.79 Å². The number of benzene rings is 2. The van der Waals surface area contributed by atoms with E-state index in [4.69, 9.17) is 9.47 Å². The Morgan fingerprint density at radius 2 is 1.69 bits per heavy atom. The number of pyridine rings is 1. The van der Waals surface area contributed by atoms with Crippen molar-refractivity contribution < 1.29 is 14.3 Å². The van der Waals surface area contributed by atoms with Crippen LogP contribution in [-0.2, 0) is 6.42 Å². The number of amides is 1. The van der Waals surface area contributed by atoms with E-state index in [1.165, 1.54) is 0 Å². The van der Waals surface area contributed by atoms with Gasteiger partial charge in [0, 0.05) is 18.4 Å². The SMILES string of the molecule is CCOc1ccc(Nc2cncc(C(=O)NCCc3ccc(OC)cc3)c2)cc1. The maximum Gasteiger partial charge on any atom is 0.252 e. The highest BCUT2D eigenvalue weighted by atomic mass is 16.5. The van der Waals surface area contributed by atoms with Crippen molar-refractivity contribution in [1.29, 1.82) is 0 Å². The van der Waals surface area contributed by atoms with E-state index in [1.54, 1.807) is 25.6 Å². The molecule has 0 aliphatic rings. The minimum Gasteiger partial charge on any atom is -0.497 e. The van der Waals surface area contributed by atoms with E-state index in [1.807, 2.05) is 55.5 Å². The van der Waals surface area contributed by atoms with Crippen molar-refractivity contribution in [2.24, 2.45) is 0 Å². The summed E-state index contributed by atoms with van der Waals surface area (Å²) in [5.74, 6) is 1.49. The first-order chi connectivity index (χ1) is 14.2. The zero-order valence-electron chi connectivity index (χ0n) is 16.6. The molecule has 0 spiro atoms. The van der Waals surface area contributed by atoms with Crippen LogP contribution in [0.5, 0.6) is 11.5 Å². The minimum absolute atomic E-state index is 0.152. The number of ether oxygens (including phenoxy) is 2. The van der Waals surface area contributed by atoms with Gasteiger partial charge in [0.25, 0.3) is 5.91 Å². The van der Waals surface area contributed by atoms with Gasteiger partial charge >= 0.3 is 0 Å². The third-order valence-corrected chi connectivity index (χ3v) is 4.31. The van der Waals surface area contributed by atoms with Crippen molar-refractivity contribution in [2.75, 3.05) is 25.6 Å². The van der Waals surface area contributed by atoms with Gasteiger partial charge in [0.15, 0.2) is 0 Å². The van der Waals surface area contributed by atoms with E-state index >= 15 is 0 Å². The molecule has 0 atom stereocenters. The fourth-order valence-corrected chi connectivity index (χ4v) is 2.81. The van der Waals surface area contributed by atoms with Crippen LogP contribution in [0.25, 0.3) is 0 Å². The van der Waals surface area contributed by atoms with Gasteiger partial charge in [0.1, 0.15) is 11.5 Å². The summed E-state index contributed by atoms with van der Waals surface area (Å²) in [6.45, 7) is 3.12. The topological polar surface area (TPSA) is 72.5 Å². The Bertz CT molecular complexity index is 925. The summed E-state index contributed by atoms with van der Waals surface area (Å²) >= 11 is 0. The fraction of sp³-hybridized carbons (Fsp3) is 0.217. The number of aromatic nitrogens is 1. The summed E-state index contributed by atoms with van der Waals surface area (Å²) in [6, 6.07) is 17.2. The second-order valence-electron chi connectivity index (χ2n) is 6.40. The molecule has 0 saturated heterocycles. The molecule has 3 aromatic rings. The Morgan fingerprint density at radius 3 is 2.38 bits per heavy atom. The Kier molecular flexibility index (Phi) is 7.05. The predicted molar refractivity (Wildman–Crippen MR) is 114 cm³/mol. The van der Waals surface area contributed by atoms with Gasteiger partial charge in [-0.05, 0) is 61.4 Å². The highest BCUT2D eigenvalue weighted by Crippen LogP contribution is 2.20. The first-order valence-corrected chi connectivity index (χ1v) is 9.54. The smallest absolute Gasteiger partial charge is 0.252 e. The van der Waals surface area contributed by atoms with Crippen molar-refractivity contribution in [3.05, 3.63) is 78.1 Å². The van der Waals surface area contributed by atoms with E-state index in [2.05, 4.69) is 15.6 Å². The second kappa shape index (κ2) is 10.1. The molecule has 0 fully saturated rings. The number of anilines is 2. The lowest BCUT2D eigenvalue weighted by Gasteiger charge is -2.10. The molecule has 2 aromatic carbocycles. The number of nitrogens with zero attached hydrogens (tertiary/aromatic N) is 1. The number of nitrogens with one attached hydrogen (secondary N) is 2. The quantitative estimate of drug-likeness (QED) is 0.572.